The highest BCUT2D eigenvalue weighted by atomic mass is 31.3. The van der Waals surface area contributed by atoms with E-state index in [1.54, 1.807) is 0 Å². The van der Waals surface area contributed by atoms with E-state index in [4.69, 9.17) is 0 Å². The van der Waals surface area contributed by atoms with Gasteiger partial charge in [-0.1, -0.05) is 13.8 Å². The molecular formula is C12H35N3O26P8. The molecule has 17 N–H and O–H groups in total. The zero-order valence-corrected chi connectivity index (χ0v) is 31.5. The normalized spacial score (nSPS) is 15.7. The Bertz CT molecular complexity index is 1400. The number of hydrogen-bond donors (Lipinski definition) is 17. The summed E-state index contributed by atoms with van der Waals surface area (Å²) in [5, 5.41) is -2.01. The van der Waals surface area contributed by atoms with E-state index in [0.29, 0.717) is 0 Å². The van der Waals surface area contributed by atoms with Crippen molar-refractivity contribution in [2.24, 2.45) is 0 Å². The molecule has 0 aromatic heterocycles. The van der Waals surface area contributed by atoms with Crippen LogP contribution in [0.3, 0.4) is 0 Å². The highest BCUT2D eigenvalue weighted by Gasteiger charge is 2.83. The second-order valence-electron chi connectivity index (χ2n) is 9.79. The summed E-state index contributed by atoms with van der Waals surface area (Å²) < 4.78 is 104. The Morgan fingerprint density at radius 2 is 0.694 bits per heavy atom. The molecule has 0 spiro atoms. The molecule has 0 fully saturated rings. The molecule has 0 heterocycles. The van der Waals surface area contributed by atoms with Crippen molar-refractivity contribution in [1.82, 2.24) is 14.7 Å². The predicted molar refractivity (Wildman–Crippen MR) is 158 cm³/mol. The van der Waals surface area contributed by atoms with Gasteiger partial charge in [0.2, 0.25) is 11.0 Å². The van der Waals surface area contributed by atoms with Gasteiger partial charge in [-0.15, -0.1) is 0 Å². The SMILES string of the molecule is CCCN(C(P(=O)(O)O)P(=O)(O)O)C(N(CC(=O)O)C(N(CCC)C(P(=O)(O)O)P(=O)(O)O)(P(=O)(O)O)P(=O)(O)O)(P(=O)(O)O)P(=O)(O)O. The van der Waals surface area contributed by atoms with Gasteiger partial charge < -0.3 is 83.4 Å². The molecule has 0 saturated heterocycles. The van der Waals surface area contributed by atoms with Crippen LogP contribution in [0.2, 0.25) is 0 Å². The first-order chi connectivity index (χ1) is 21.2. The van der Waals surface area contributed by atoms with E-state index in [1.165, 1.54) is 0 Å². The molecule has 0 bridgehead atoms. The van der Waals surface area contributed by atoms with Crippen LogP contribution in [-0.2, 0) is 41.3 Å². The van der Waals surface area contributed by atoms with Crippen LogP contribution >= 0.6 is 60.8 Å². The average molecular weight is 885 g/mol. The molecule has 0 aliphatic rings. The van der Waals surface area contributed by atoms with Crippen molar-refractivity contribution in [3.05, 3.63) is 0 Å². The maximum absolute atomic E-state index is 13.4. The molecule has 0 aromatic carbocycles. The van der Waals surface area contributed by atoms with E-state index in [0.717, 1.165) is 13.8 Å². The molecule has 0 saturated carbocycles. The Hall–Kier alpha value is 0.550. The Balaban J connectivity index is 10.1. The van der Waals surface area contributed by atoms with Crippen LogP contribution in [0, 0.1) is 0 Å². The molecule has 0 rings (SSSR count). The van der Waals surface area contributed by atoms with Crippen LogP contribution in [0.25, 0.3) is 0 Å². The lowest BCUT2D eigenvalue weighted by Crippen LogP contribution is -2.74. The fraction of sp³-hybridized carbons (Fsp3) is 0.917. The second kappa shape index (κ2) is 15.7. The molecule has 0 amide bonds. The van der Waals surface area contributed by atoms with Crippen molar-refractivity contribution in [3.63, 3.8) is 0 Å². The van der Waals surface area contributed by atoms with E-state index in [2.05, 4.69) is 0 Å². The molecule has 37 heteroatoms. The summed E-state index contributed by atoms with van der Waals surface area (Å²) >= 11 is 0. The summed E-state index contributed by atoms with van der Waals surface area (Å²) in [5.41, 5.74) is -8.64. The van der Waals surface area contributed by atoms with Gasteiger partial charge >= 0.3 is 66.7 Å². The fourth-order valence-corrected chi connectivity index (χ4v) is 18.7. The van der Waals surface area contributed by atoms with Gasteiger partial charge in [0.1, 0.15) is 6.54 Å². The first-order valence-electron chi connectivity index (χ1n) is 12.1. The van der Waals surface area contributed by atoms with Crippen LogP contribution in [0.5, 0.6) is 0 Å². The van der Waals surface area contributed by atoms with Gasteiger partial charge in [0.25, 0.3) is 10.3 Å². The molecule has 294 valence electrons. The summed E-state index contributed by atoms with van der Waals surface area (Å²) in [4.78, 5) is 172. The monoisotopic (exact) mass is 885 g/mol. The van der Waals surface area contributed by atoms with Crippen molar-refractivity contribution in [1.29, 1.82) is 0 Å². The number of hydrogen-bond acceptors (Lipinski definition) is 12. The van der Waals surface area contributed by atoms with Crippen molar-refractivity contribution < 1.29 is 125 Å². The zero-order chi connectivity index (χ0) is 40.0. The van der Waals surface area contributed by atoms with E-state index in [9.17, 15) is 125 Å². The van der Waals surface area contributed by atoms with Crippen molar-refractivity contribution in [2.45, 2.75) is 48.0 Å². The third-order valence-corrected chi connectivity index (χ3v) is 21.4. The summed E-state index contributed by atoms with van der Waals surface area (Å²) in [5.74, 6) is -2.92. The van der Waals surface area contributed by atoms with Crippen LogP contribution < -0.4 is 0 Å². The molecule has 29 nitrogen and oxygen atoms in total. The molecule has 0 unspecified atom stereocenters. The highest BCUT2D eigenvalue weighted by molar-refractivity contribution is 7.75. The largest absolute Gasteiger partial charge is 0.480 e. The van der Waals surface area contributed by atoms with Crippen LogP contribution in [-0.4, -0.2) is 145 Å². The fourth-order valence-electron chi connectivity index (χ4n) is 4.94. The topological polar surface area (TPSA) is 507 Å². The summed E-state index contributed by atoms with van der Waals surface area (Å²) in [6.07, 6.45) is -2.07. The second-order valence-corrected chi connectivity index (χ2v) is 24.8. The number of carbonyl (C=O) groups is 1. The van der Waals surface area contributed by atoms with Gasteiger partial charge in [0.15, 0.2) is 0 Å². The lowest BCUT2D eigenvalue weighted by molar-refractivity contribution is -0.144. The minimum atomic E-state index is -7.79. The van der Waals surface area contributed by atoms with Gasteiger partial charge in [-0.25, -0.2) is 14.7 Å². The minimum Gasteiger partial charge on any atom is -0.480 e. The van der Waals surface area contributed by atoms with Gasteiger partial charge in [-0.3, -0.25) is 41.3 Å². The minimum absolute atomic E-state index is 0.773. The van der Waals surface area contributed by atoms with Crippen molar-refractivity contribution in [2.75, 3.05) is 19.6 Å². The molecular weight excluding hydrogens is 850 g/mol. The first-order valence-corrected chi connectivity index (χ1v) is 25.3. The van der Waals surface area contributed by atoms with E-state index >= 15 is 0 Å². The summed E-state index contributed by atoms with van der Waals surface area (Å²) in [6, 6.07) is 0. The molecule has 0 aliphatic heterocycles. The van der Waals surface area contributed by atoms with Gasteiger partial charge in [-0.2, -0.15) is 0 Å². The Morgan fingerprint density at radius 3 is 0.816 bits per heavy atom. The highest BCUT2D eigenvalue weighted by Crippen LogP contribution is 2.83. The lowest BCUT2D eigenvalue weighted by atomic mass is 10.4. The zero-order valence-electron chi connectivity index (χ0n) is 24.4. The summed E-state index contributed by atoms with van der Waals surface area (Å²) in [6.45, 7) is -5.33. The van der Waals surface area contributed by atoms with Gasteiger partial charge in [-0.05, 0) is 12.8 Å². The maximum Gasteiger partial charge on any atom is 0.373 e. The van der Waals surface area contributed by atoms with Crippen LogP contribution in [0.4, 0.5) is 0 Å². The standard InChI is InChI=1S/C12H35N3O26P8/c1-3-5-13(9(42(18,19)20)43(21,22)23)11(46(30,31)32,47(33,34)35)15(7-8(16)17)12(48(36,37)38,49(39,40)41)14(6-4-2)10(44(24,25)26)45(27,28)29/h9-10H,3-7H2,1-2H3,(H,16,17)(H2,18,19,20)(H2,21,22,23)(H2,24,25,26)(H2,27,28,29)(H2,30,31,32)(H2,33,34,35)(H2,36,37,38)(H2,39,40,41). The molecule has 0 aromatic rings. The number of nitrogens with zero attached hydrogens (tertiary/aromatic N) is 3. The molecule has 0 radical (unpaired) electrons. The van der Waals surface area contributed by atoms with Crippen molar-refractivity contribution >= 4 is 66.7 Å². The predicted octanol–water partition coefficient (Wildman–Crippen LogP) is -2.99. The van der Waals surface area contributed by atoms with Crippen LogP contribution in [0.1, 0.15) is 26.7 Å². The lowest BCUT2D eigenvalue weighted by Gasteiger charge is -2.59. The number of carboxylic acid groups (broad SMARTS) is 1. The summed E-state index contributed by atoms with van der Waals surface area (Å²) in [7, 11) is -58.7. The molecule has 0 aliphatic carbocycles. The Morgan fingerprint density at radius 1 is 0.490 bits per heavy atom. The van der Waals surface area contributed by atoms with Crippen molar-refractivity contribution in [3.8, 4) is 0 Å². The number of rotatable bonds is 20. The maximum atomic E-state index is 13.4. The number of carboxylic acids is 1. The third-order valence-electron chi connectivity index (χ3n) is 6.04. The average Bonchev–Trinajstić information content (AvgIpc) is 2.71. The first kappa shape index (κ1) is 49.6. The smallest absolute Gasteiger partial charge is 0.373 e. The molecule has 49 heavy (non-hydrogen) atoms. The number of aliphatic carboxylic acids is 1. The van der Waals surface area contributed by atoms with E-state index in [1.807, 2.05) is 0 Å². The quantitative estimate of drug-likeness (QED) is 0.0428. The Labute approximate surface area is 273 Å². The van der Waals surface area contributed by atoms with Gasteiger partial charge in [0, 0.05) is 13.1 Å². The van der Waals surface area contributed by atoms with E-state index in [-0.39, 0.29) is 0 Å². The molecule has 0 atom stereocenters. The van der Waals surface area contributed by atoms with Gasteiger partial charge in [0.05, 0.1) is 0 Å². The van der Waals surface area contributed by atoms with E-state index < -0.39 is 135 Å². The Kier molecular flexibility index (Phi) is 15.9. The third kappa shape index (κ3) is 10.0. The van der Waals surface area contributed by atoms with Crippen LogP contribution in [0.15, 0.2) is 0 Å².